The molecule has 1 aliphatic rings. The quantitative estimate of drug-likeness (QED) is 0.674. The first-order chi connectivity index (χ1) is 13.2. The molecule has 3 heterocycles. The Kier molecular flexibility index (Phi) is 5.38. The molecule has 8 nitrogen and oxygen atoms in total. The van der Waals surface area contributed by atoms with E-state index in [-0.39, 0.29) is 0 Å². The smallest absolute Gasteiger partial charge is 0.248 e. The second kappa shape index (κ2) is 8.08. The molecule has 27 heavy (non-hydrogen) atoms. The van der Waals surface area contributed by atoms with Crippen molar-refractivity contribution in [2.75, 3.05) is 36.4 Å². The van der Waals surface area contributed by atoms with Crippen molar-refractivity contribution < 1.29 is 0 Å². The summed E-state index contributed by atoms with van der Waals surface area (Å²) in [5, 5.41) is 19.3. The van der Waals surface area contributed by atoms with Crippen molar-refractivity contribution in [1.82, 2.24) is 30.5 Å². The van der Waals surface area contributed by atoms with Crippen molar-refractivity contribution in [3.05, 3.63) is 52.1 Å². The third kappa shape index (κ3) is 3.83. The van der Waals surface area contributed by atoms with Gasteiger partial charge < -0.3 is 15.5 Å². The van der Waals surface area contributed by atoms with E-state index in [2.05, 4.69) is 42.1 Å². The molecular formula is C17H18Cl2N8. The van der Waals surface area contributed by atoms with Crippen LogP contribution < -0.4 is 15.5 Å². The van der Waals surface area contributed by atoms with Gasteiger partial charge in [-0.2, -0.15) is 4.68 Å². The lowest BCUT2D eigenvalue weighted by atomic mass is 10.2. The first-order valence-corrected chi connectivity index (χ1v) is 9.36. The van der Waals surface area contributed by atoms with Crippen LogP contribution in [0, 0.1) is 0 Å². The molecule has 140 valence electrons. The van der Waals surface area contributed by atoms with Crippen LogP contribution in [0.15, 0.2) is 36.5 Å². The van der Waals surface area contributed by atoms with Crippen molar-refractivity contribution in [2.24, 2.45) is 0 Å². The number of rotatable bonds is 5. The van der Waals surface area contributed by atoms with Gasteiger partial charge in [-0.05, 0) is 28.6 Å². The minimum absolute atomic E-state index is 0.400. The Morgan fingerprint density at radius 3 is 2.81 bits per heavy atom. The highest BCUT2D eigenvalue weighted by Gasteiger charge is 2.17. The summed E-state index contributed by atoms with van der Waals surface area (Å²) in [5.41, 5.74) is 1.69. The largest absolute Gasteiger partial charge is 0.354 e. The molecule has 0 atom stereocenters. The van der Waals surface area contributed by atoms with Crippen LogP contribution in [-0.4, -0.2) is 51.4 Å². The van der Waals surface area contributed by atoms with Crippen molar-refractivity contribution in [1.29, 1.82) is 0 Å². The van der Waals surface area contributed by atoms with Crippen LogP contribution in [0.3, 0.4) is 0 Å². The summed E-state index contributed by atoms with van der Waals surface area (Å²) in [6.45, 7) is 4.30. The Morgan fingerprint density at radius 2 is 1.96 bits per heavy atom. The van der Waals surface area contributed by atoms with Crippen molar-refractivity contribution in [2.45, 2.75) is 6.54 Å². The summed E-state index contributed by atoms with van der Waals surface area (Å²) in [6.07, 6.45) is 1.82. The molecule has 1 fully saturated rings. The minimum Gasteiger partial charge on any atom is -0.354 e. The molecule has 10 heteroatoms. The number of hydrogen-bond donors (Lipinski definition) is 2. The van der Waals surface area contributed by atoms with E-state index in [0.29, 0.717) is 28.2 Å². The SMILES string of the molecule is Clc1cccc(-n2nnnc2NCc2cccnc2N2CCNCC2)c1Cl. The lowest BCUT2D eigenvalue weighted by Gasteiger charge is -2.30. The van der Waals surface area contributed by atoms with Gasteiger partial charge in [-0.25, -0.2) is 4.98 Å². The summed E-state index contributed by atoms with van der Waals surface area (Å²) in [6, 6.07) is 9.32. The Hall–Kier alpha value is -2.42. The number of hydrogen-bond acceptors (Lipinski definition) is 7. The predicted octanol–water partition coefficient (Wildman–Crippen LogP) is 2.39. The van der Waals surface area contributed by atoms with E-state index in [9.17, 15) is 0 Å². The molecule has 1 aromatic carbocycles. The van der Waals surface area contributed by atoms with Gasteiger partial charge in [0.15, 0.2) is 0 Å². The number of pyridine rings is 1. The number of nitrogens with one attached hydrogen (secondary N) is 2. The zero-order valence-corrected chi connectivity index (χ0v) is 16.0. The molecule has 2 aromatic heterocycles. The second-order valence-electron chi connectivity index (χ2n) is 6.06. The summed E-state index contributed by atoms with van der Waals surface area (Å²) < 4.78 is 1.54. The Bertz CT molecular complexity index is 923. The van der Waals surface area contributed by atoms with E-state index in [4.69, 9.17) is 23.2 Å². The molecular weight excluding hydrogens is 387 g/mol. The van der Waals surface area contributed by atoms with Crippen LogP contribution in [-0.2, 0) is 6.54 Å². The maximum Gasteiger partial charge on any atom is 0.248 e. The molecule has 0 radical (unpaired) electrons. The van der Waals surface area contributed by atoms with Crippen molar-refractivity contribution >= 4 is 35.0 Å². The number of piperazine rings is 1. The standard InChI is InChI=1S/C17H18Cl2N8/c18-13-4-1-5-14(15(13)19)27-17(23-24-25-27)22-11-12-3-2-6-21-16(12)26-9-7-20-8-10-26/h1-6,20H,7-11H2,(H,22,23,25). The number of tetrazole rings is 1. The maximum atomic E-state index is 6.30. The molecule has 0 aliphatic carbocycles. The van der Waals surface area contributed by atoms with Crippen molar-refractivity contribution in [3.8, 4) is 5.69 Å². The van der Waals surface area contributed by atoms with Crippen LogP contribution in [0.25, 0.3) is 5.69 Å². The summed E-state index contributed by atoms with van der Waals surface area (Å²) in [7, 11) is 0. The molecule has 3 aromatic rings. The maximum absolute atomic E-state index is 6.30. The zero-order valence-electron chi connectivity index (χ0n) is 14.4. The highest BCUT2D eigenvalue weighted by atomic mass is 35.5. The second-order valence-corrected chi connectivity index (χ2v) is 6.85. The minimum atomic E-state index is 0.400. The predicted molar refractivity (Wildman–Crippen MR) is 106 cm³/mol. The van der Waals surface area contributed by atoms with E-state index < -0.39 is 0 Å². The van der Waals surface area contributed by atoms with Gasteiger partial charge >= 0.3 is 0 Å². The summed E-state index contributed by atoms with van der Waals surface area (Å²) in [5.74, 6) is 1.46. The van der Waals surface area contributed by atoms with E-state index in [1.165, 1.54) is 4.68 Å². The van der Waals surface area contributed by atoms with Gasteiger partial charge in [0.2, 0.25) is 5.95 Å². The van der Waals surface area contributed by atoms with E-state index in [0.717, 1.165) is 37.6 Å². The van der Waals surface area contributed by atoms with Crippen LogP contribution in [0.2, 0.25) is 10.0 Å². The fourth-order valence-electron chi connectivity index (χ4n) is 3.02. The first-order valence-electron chi connectivity index (χ1n) is 8.60. The average molecular weight is 405 g/mol. The lowest BCUT2D eigenvalue weighted by molar-refractivity contribution is 0.583. The normalized spacial score (nSPS) is 14.4. The summed E-state index contributed by atoms with van der Waals surface area (Å²) >= 11 is 12.4. The fourth-order valence-corrected chi connectivity index (χ4v) is 3.40. The molecule has 0 spiro atoms. The van der Waals surface area contributed by atoms with Crippen molar-refractivity contribution in [3.63, 3.8) is 0 Å². The lowest BCUT2D eigenvalue weighted by Crippen LogP contribution is -2.44. The number of nitrogens with zero attached hydrogens (tertiary/aromatic N) is 6. The highest BCUT2D eigenvalue weighted by molar-refractivity contribution is 6.43. The number of anilines is 2. The third-order valence-corrected chi connectivity index (χ3v) is 5.16. The van der Waals surface area contributed by atoms with Gasteiger partial charge in [0.1, 0.15) is 5.82 Å². The van der Waals surface area contributed by atoms with Gasteiger partial charge in [-0.1, -0.05) is 40.4 Å². The van der Waals surface area contributed by atoms with E-state index in [1.807, 2.05) is 18.3 Å². The third-order valence-electron chi connectivity index (χ3n) is 4.35. The molecule has 0 bridgehead atoms. The summed E-state index contributed by atoms with van der Waals surface area (Å²) in [4.78, 5) is 6.85. The van der Waals surface area contributed by atoms with Gasteiger partial charge in [-0.3, -0.25) is 0 Å². The Morgan fingerprint density at radius 1 is 1.11 bits per heavy atom. The average Bonchev–Trinajstić information content (AvgIpc) is 3.18. The number of halogens is 2. The fraction of sp³-hybridized carbons (Fsp3) is 0.294. The van der Waals surface area contributed by atoms with E-state index in [1.54, 1.807) is 12.1 Å². The van der Waals surface area contributed by atoms with Crippen LogP contribution in [0.1, 0.15) is 5.56 Å². The molecule has 4 rings (SSSR count). The topological polar surface area (TPSA) is 83.8 Å². The van der Waals surface area contributed by atoms with Gasteiger partial charge in [0.25, 0.3) is 0 Å². The zero-order chi connectivity index (χ0) is 18.6. The van der Waals surface area contributed by atoms with Gasteiger partial charge in [0, 0.05) is 44.5 Å². The van der Waals surface area contributed by atoms with Gasteiger partial charge in [0.05, 0.1) is 15.7 Å². The molecule has 1 saturated heterocycles. The highest BCUT2D eigenvalue weighted by Crippen LogP contribution is 2.29. The Balaban J connectivity index is 1.56. The monoisotopic (exact) mass is 404 g/mol. The number of aromatic nitrogens is 5. The first kappa shape index (κ1) is 18.0. The Labute approximate surface area is 166 Å². The number of benzene rings is 1. The van der Waals surface area contributed by atoms with Crippen LogP contribution >= 0.6 is 23.2 Å². The molecule has 0 saturated carbocycles. The van der Waals surface area contributed by atoms with Gasteiger partial charge in [-0.15, -0.1) is 0 Å². The molecule has 0 amide bonds. The van der Waals surface area contributed by atoms with Crippen LogP contribution in [0.4, 0.5) is 11.8 Å². The molecule has 2 N–H and O–H groups in total. The molecule has 0 unspecified atom stereocenters. The molecule has 1 aliphatic heterocycles. The van der Waals surface area contributed by atoms with Crippen LogP contribution in [0.5, 0.6) is 0 Å². The van der Waals surface area contributed by atoms with E-state index >= 15 is 0 Å².